The lowest BCUT2D eigenvalue weighted by molar-refractivity contribution is -0.119. The highest BCUT2D eigenvalue weighted by Gasteiger charge is 2.40. The third-order valence-corrected chi connectivity index (χ3v) is 7.31. The van der Waals surface area contributed by atoms with Gasteiger partial charge in [-0.1, -0.05) is 24.3 Å². The third kappa shape index (κ3) is 4.20. The number of nitrogens with zero attached hydrogens (tertiary/aromatic N) is 3. The van der Waals surface area contributed by atoms with Crippen LogP contribution in [-0.4, -0.2) is 48.1 Å². The number of aromatic nitrogens is 1. The van der Waals surface area contributed by atoms with Gasteiger partial charge in [0.15, 0.2) is 0 Å². The summed E-state index contributed by atoms with van der Waals surface area (Å²) in [6, 6.07) is 26.5. The van der Waals surface area contributed by atoms with Crippen molar-refractivity contribution < 1.29 is 19.1 Å². The lowest BCUT2D eigenvalue weighted by atomic mass is 9.97. The van der Waals surface area contributed by atoms with E-state index in [0.29, 0.717) is 11.3 Å². The quantitative estimate of drug-likeness (QED) is 0.343. The van der Waals surface area contributed by atoms with Gasteiger partial charge in [0.1, 0.15) is 24.1 Å². The average molecular weight is 508 g/mol. The van der Waals surface area contributed by atoms with E-state index in [9.17, 15) is 9.59 Å². The first-order chi connectivity index (χ1) is 18.6. The second-order valence-electron chi connectivity index (χ2n) is 9.62. The van der Waals surface area contributed by atoms with Crippen molar-refractivity contribution in [1.82, 2.24) is 9.47 Å². The Labute approximate surface area is 221 Å². The lowest BCUT2D eigenvalue weighted by Crippen LogP contribution is -2.47. The minimum absolute atomic E-state index is 0.00275. The fraction of sp³-hybridized carbons (Fsp3) is 0.226. The van der Waals surface area contributed by atoms with Gasteiger partial charge in [0, 0.05) is 17.8 Å². The Morgan fingerprint density at radius 3 is 2.08 bits per heavy atom. The Morgan fingerprint density at radius 1 is 0.816 bits per heavy atom. The van der Waals surface area contributed by atoms with E-state index in [1.54, 1.807) is 43.4 Å². The zero-order valence-corrected chi connectivity index (χ0v) is 21.4. The first-order valence-electron chi connectivity index (χ1n) is 12.8. The van der Waals surface area contributed by atoms with E-state index in [1.165, 1.54) is 0 Å². The molecule has 0 radical (unpaired) electrons. The average Bonchev–Trinajstić information content (AvgIpc) is 3.69. The van der Waals surface area contributed by atoms with Crippen molar-refractivity contribution in [1.29, 1.82) is 0 Å². The highest BCUT2D eigenvalue weighted by atomic mass is 16.5. The molecule has 0 N–H and O–H groups in total. The molecule has 7 nitrogen and oxygen atoms in total. The zero-order chi connectivity index (χ0) is 26.2. The third-order valence-electron chi connectivity index (χ3n) is 7.31. The SMILES string of the molecule is COc1ccc(C(=O)N(CC(=O)N2c3ccccc3-n3cccc3C2c2ccc(OC)cc2)C2CC2)cc1. The van der Waals surface area contributed by atoms with E-state index < -0.39 is 0 Å². The molecule has 192 valence electrons. The maximum Gasteiger partial charge on any atom is 0.254 e. The van der Waals surface area contributed by atoms with Gasteiger partial charge in [0.25, 0.3) is 5.91 Å². The number of para-hydroxylation sites is 2. The van der Waals surface area contributed by atoms with Crippen LogP contribution in [-0.2, 0) is 4.79 Å². The zero-order valence-electron chi connectivity index (χ0n) is 21.4. The van der Waals surface area contributed by atoms with Crippen LogP contribution in [0.3, 0.4) is 0 Å². The number of carbonyl (C=O) groups is 2. The molecule has 1 aliphatic carbocycles. The van der Waals surface area contributed by atoms with Crippen molar-refractivity contribution in [3.05, 3.63) is 108 Å². The van der Waals surface area contributed by atoms with E-state index in [4.69, 9.17) is 9.47 Å². The maximum atomic E-state index is 14.3. The van der Waals surface area contributed by atoms with Crippen LogP contribution in [0.5, 0.6) is 11.5 Å². The molecule has 0 spiro atoms. The van der Waals surface area contributed by atoms with Crippen LogP contribution >= 0.6 is 0 Å². The Hall–Kier alpha value is -4.52. The van der Waals surface area contributed by atoms with Gasteiger partial charge in [-0.3, -0.25) is 14.5 Å². The van der Waals surface area contributed by atoms with Crippen molar-refractivity contribution in [2.45, 2.75) is 24.9 Å². The number of anilines is 1. The van der Waals surface area contributed by atoms with Crippen LogP contribution in [0, 0.1) is 0 Å². The monoisotopic (exact) mass is 507 g/mol. The van der Waals surface area contributed by atoms with Crippen molar-refractivity contribution in [2.75, 3.05) is 25.7 Å². The summed E-state index contributed by atoms with van der Waals surface area (Å²) >= 11 is 0. The molecule has 4 aromatic rings. The maximum absolute atomic E-state index is 14.3. The normalized spacial score (nSPS) is 15.8. The molecule has 2 amide bonds. The summed E-state index contributed by atoms with van der Waals surface area (Å²) < 4.78 is 12.7. The molecule has 3 aromatic carbocycles. The largest absolute Gasteiger partial charge is 0.497 e. The number of benzene rings is 3. The van der Waals surface area contributed by atoms with Gasteiger partial charge in [-0.25, -0.2) is 0 Å². The summed E-state index contributed by atoms with van der Waals surface area (Å²) in [6.07, 6.45) is 3.82. The van der Waals surface area contributed by atoms with Crippen LogP contribution in [0.2, 0.25) is 0 Å². The standard InChI is InChI=1S/C31H29N3O4/c1-37-24-15-9-21(10-16-24)30-28-8-5-19-32(28)26-6-3-4-7-27(26)34(30)29(35)20-33(23-13-14-23)31(36)22-11-17-25(38-2)18-12-22/h3-12,15-19,23,30H,13-14,20H2,1-2H3. The molecule has 1 aromatic heterocycles. The number of hydrogen-bond acceptors (Lipinski definition) is 4. The minimum atomic E-state index is -0.351. The predicted molar refractivity (Wildman–Crippen MR) is 145 cm³/mol. The molecular formula is C31H29N3O4. The number of ether oxygens (including phenoxy) is 2. The molecule has 0 bridgehead atoms. The van der Waals surface area contributed by atoms with E-state index in [-0.39, 0.29) is 30.4 Å². The summed E-state index contributed by atoms with van der Waals surface area (Å²) in [5.74, 6) is 1.17. The van der Waals surface area contributed by atoms with E-state index in [0.717, 1.165) is 41.2 Å². The number of fused-ring (bicyclic) bond motifs is 3. The lowest BCUT2D eigenvalue weighted by Gasteiger charge is -2.39. The van der Waals surface area contributed by atoms with E-state index >= 15 is 0 Å². The molecule has 1 aliphatic heterocycles. The van der Waals surface area contributed by atoms with Crippen LogP contribution in [0.4, 0.5) is 5.69 Å². The van der Waals surface area contributed by atoms with E-state index in [2.05, 4.69) is 4.57 Å². The summed E-state index contributed by atoms with van der Waals surface area (Å²) in [5, 5.41) is 0. The highest BCUT2D eigenvalue weighted by molar-refractivity contribution is 6.03. The Morgan fingerprint density at radius 2 is 1.45 bits per heavy atom. The van der Waals surface area contributed by atoms with Crippen LogP contribution in [0.25, 0.3) is 5.69 Å². The molecule has 1 atom stereocenters. The smallest absolute Gasteiger partial charge is 0.254 e. The summed E-state index contributed by atoms with van der Waals surface area (Å²) in [7, 11) is 3.23. The number of amides is 2. The number of methoxy groups -OCH3 is 2. The van der Waals surface area contributed by atoms with Crippen LogP contribution in [0.15, 0.2) is 91.1 Å². The second-order valence-corrected chi connectivity index (χ2v) is 9.62. The first kappa shape index (κ1) is 23.9. The molecule has 38 heavy (non-hydrogen) atoms. The topological polar surface area (TPSA) is 64.0 Å². The number of hydrogen-bond donors (Lipinski definition) is 0. The van der Waals surface area contributed by atoms with Gasteiger partial charge in [-0.15, -0.1) is 0 Å². The van der Waals surface area contributed by atoms with Crippen LogP contribution < -0.4 is 14.4 Å². The van der Waals surface area contributed by atoms with Gasteiger partial charge in [-0.2, -0.15) is 0 Å². The van der Waals surface area contributed by atoms with Gasteiger partial charge in [0.05, 0.1) is 31.3 Å². The first-order valence-corrected chi connectivity index (χ1v) is 12.8. The molecule has 6 rings (SSSR count). The molecule has 2 aliphatic rings. The fourth-order valence-corrected chi connectivity index (χ4v) is 5.24. The van der Waals surface area contributed by atoms with Crippen molar-refractivity contribution in [2.24, 2.45) is 0 Å². The van der Waals surface area contributed by atoms with Crippen molar-refractivity contribution in [3.8, 4) is 17.2 Å². The molecule has 7 heteroatoms. The highest BCUT2D eigenvalue weighted by Crippen LogP contribution is 2.43. The fourth-order valence-electron chi connectivity index (χ4n) is 5.24. The minimum Gasteiger partial charge on any atom is -0.497 e. The Bertz CT molecular complexity index is 1470. The van der Waals surface area contributed by atoms with Gasteiger partial charge >= 0.3 is 0 Å². The van der Waals surface area contributed by atoms with Gasteiger partial charge in [-0.05, 0) is 79.1 Å². The molecule has 1 unspecified atom stereocenters. The number of carbonyl (C=O) groups excluding carboxylic acids is 2. The van der Waals surface area contributed by atoms with Gasteiger partial charge < -0.3 is 18.9 Å². The molecule has 1 saturated carbocycles. The second kappa shape index (κ2) is 9.74. The molecule has 0 saturated heterocycles. The van der Waals surface area contributed by atoms with Crippen molar-refractivity contribution >= 4 is 17.5 Å². The van der Waals surface area contributed by atoms with Crippen LogP contribution in [0.1, 0.15) is 40.5 Å². The number of rotatable bonds is 7. The summed E-state index contributed by atoms with van der Waals surface area (Å²) in [4.78, 5) is 31.4. The van der Waals surface area contributed by atoms with Crippen molar-refractivity contribution in [3.63, 3.8) is 0 Å². The van der Waals surface area contributed by atoms with Gasteiger partial charge in [0.2, 0.25) is 5.91 Å². The molecule has 1 fully saturated rings. The Kier molecular flexibility index (Phi) is 6.12. The Balaban J connectivity index is 1.38. The molecule has 2 heterocycles. The molecular weight excluding hydrogens is 478 g/mol. The van der Waals surface area contributed by atoms with E-state index in [1.807, 2.05) is 71.8 Å². The predicted octanol–water partition coefficient (Wildman–Crippen LogP) is 5.24. The summed E-state index contributed by atoms with van der Waals surface area (Å²) in [6.45, 7) is -0.00275. The summed E-state index contributed by atoms with van der Waals surface area (Å²) in [5.41, 5.74) is 4.25.